The predicted molar refractivity (Wildman–Crippen MR) is 126 cm³/mol. The summed E-state index contributed by atoms with van der Waals surface area (Å²) >= 11 is 4.84. The number of thiophene rings is 1. The number of benzene rings is 1. The molecule has 5 aromatic rings. The van der Waals surface area contributed by atoms with Crippen LogP contribution in [0.25, 0.3) is 27.1 Å². The third kappa shape index (κ3) is 4.12. The van der Waals surface area contributed by atoms with E-state index in [-0.39, 0.29) is 0 Å². The number of thiazole rings is 1. The third-order valence-corrected chi connectivity index (χ3v) is 7.23. The van der Waals surface area contributed by atoms with E-state index in [4.69, 9.17) is 9.72 Å². The molecule has 0 spiro atoms. The van der Waals surface area contributed by atoms with Gasteiger partial charge in [0.25, 0.3) is 0 Å². The summed E-state index contributed by atoms with van der Waals surface area (Å²) in [6.07, 6.45) is 1.78. The molecule has 0 saturated carbocycles. The Kier molecular flexibility index (Phi) is 5.79. The lowest BCUT2D eigenvalue weighted by Crippen LogP contribution is -2.01. The van der Waals surface area contributed by atoms with E-state index < -0.39 is 0 Å². The first-order chi connectivity index (χ1) is 15.3. The fraction of sp³-hybridized carbons (Fsp3) is 0.0909. The molecule has 0 radical (unpaired) electrons. The lowest BCUT2D eigenvalue weighted by atomic mass is 10.3. The minimum Gasteiger partial charge on any atom is -0.495 e. The van der Waals surface area contributed by atoms with Crippen molar-refractivity contribution >= 4 is 34.4 Å². The highest BCUT2D eigenvalue weighted by Gasteiger charge is 2.20. The van der Waals surface area contributed by atoms with Crippen LogP contribution in [0.2, 0.25) is 0 Å². The van der Waals surface area contributed by atoms with E-state index >= 15 is 0 Å². The molecule has 9 heteroatoms. The van der Waals surface area contributed by atoms with Crippen LogP contribution in [-0.4, -0.2) is 31.8 Å². The van der Waals surface area contributed by atoms with Gasteiger partial charge in [0.1, 0.15) is 10.8 Å². The van der Waals surface area contributed by atoms with Crippen molar-refractivity contribution in [2.45, 2.75) is 10.9 Å². The Bertz CT molecular complexity index is 1280. The van der Waals surface area contributed by atoms with E-state index in [9.17, 15) is 0 Å². The average Bonchev–Trinajstić information content (AvgIpc) is 3.59. The Morgan fingerprint density at radius 2 is 1.90 bits per heavy atom. The zero-order chi connectivity index (χ0) is 21.0. The van der Waals surface area contributed by atoms with Gasteiger partial charge >= 0.3 is 0 Å². The van der Waals surface area contributed by atoms with Crippen LogP contribution in [0.4, 0.5) is 0 Å². The summed E-state index contributed by atoms with van der Waals surface area (Å²) in [7, 11) is 1.68. The van der Waals surface area contributed by atoms with Crippen LogP contribution in [0, 0.1) is 0 Å². The molecular weight excluding hydrogens is 446 g/mol. The highest BCUT2D eigenvalue weighted by molar-refractivity contribution is 7.98. The van der Waals surface area contributed by atoms with Crippen molar-refractivity contribution in [3.05, 3.63) is 77.2 Å². The second-order valence-corrected chi connectivity index (χ2v) is 9.19. The molecule has 0 atom stereocenters. The summed E-state index contributed by atoms with van der Waals surface area (Å²) in [6.45, 7) is 0. The Morgan fingerprint density at radius 3 is 2.71 bits per heavy atom. The fourth-order valence-electron chi connectivity index (χ4n) is 3.08. The van der Waals surface area contributed by atoms with E-state index in [1.807, 2.05) is 53.9 Å². The molecule has 0 unspecified atom stereocenters. The van der Waals surface area contributed by atoms with E-state index in [0.717, 1.165) is 43.7 Å². The van der Waals surface area contributed by atoms with Gasteiger partial charge in [-0.15, -0.1) is 32.9 Å². The summed E-state index contributed by atoms with van der Waals surface area (Å²) < 4.78 is 7.67. The van der Waals surface area contributed by atoms with Gasteiger partial charge in [-0.25, -0.2) is 4.98 Å². The van der Waals surface area contributed by atoms with Crippen molar-refractivity contribution in [2.75, 3.05) is 7.11 Å². The highest BCUT2D eigenvalue weighted by Crippen LogP contribution is 2.35. The molecule has 0 amide bonds. The van der Waals surface area contributed by atoms with Crippen molar-refractivity contribution in [1.82, 2.24) is 24.7 Å². The number of hydrogen-bond donors (Lipinski definition) is 0. The summed E-state index contributed by atoms with van der Waals surface area (Å²) in [6, 6.07) is 17.8. The SMILES string of the molecule is COc1ccccc1-n1c(SCc2csc(-c3ccccn3)n2)nnc1-c1cccs1. The van der Waals surface area contributed by atoms with Gasteiger partial charge < -0.3 is 4.74 Å². The standard InChI is InChI=1S/C22H17N5OS3/c1-28-18-9-3-2-8-17(18)27-20(19-10-6-12-29-19)25-26-22(27)31-14-15-13-30-21(24-15)16-7-4-5-11-23-16/h2-13H,14H2,1H3. The maximum absolute atomic E-state index is 5.61. The average molecular weight is 464 g/mol. The maximum atomic E-state index is 5.61. The summed E-state index contributed by atoms with van der Waals surface area (Å²) in [5.41, 5.74) is 2.79. The second kappa shape index (κ2) is 9.01. The van der Waals surface area contributed by atoms with Gasteiger partial charge in [0.2, 0.25) is 0 Å². The second-order valence-electron chi connectivity index (χ2n) is 6.44. The number of ether oxygens (including phenoxy) is 1. The van der Waals surface area contributed by atoms with E-state index in [0.29, 0.717) is 5.75 Å². The van der Waals surface area contributed by atoms with Crippen molar-refractivity contribution in [3.8, 4) is 32.8 Å². The van der Waals surface area contributed by atoms with Gasteiger partial charge in [-0.1, -0.05) is 36.0 Å². The number of methoxy groups -OCH3 is 1. The first kappa shape index (κ1) is 19.9. The van der Waals surface area contributed by atoms with E-state index in [1.54, 1.807) is 47.7 Å². The van der Waals surface area contributed by atoms with Gasteiger partial charge in [-0.3, -0.25) is 9.55 Å². The first-order valence-corrected chi connectivity index (χ1v) is 12.2. The fourth-order valence-corrected chi connectivity index (χ4v) is 5.52. The molecule has 154 valence electrons. The molecule has 5 rings (SSSR count). The molecule has 4 heterocycles. The van der Waals surface area contributed by atoms with Gasteiger partial charge in [-0.2, -0.15) is 0 Å². The van der Waals surface area contributed by atoms with E-state index in [1.165, 1.54) is 0 Å². The number of rotatable bonds is 7. The third-order valence-electron chi connectivity index (χ3n) is 4.49. The van der Waals surface area contributed by atoms with Crippen LogP contribution in [0.1, 0.15) is 5.69 Å². The molecule has 0 N–H and O–H groups in total. The Balaban J connectivity index is 1.47. The zero-order valence-electron chi connectivity index (χ0n) is 16.5. The van der Waals surface area contributed by atoms with Crippen LogP contribution < -0.4 is 4.74 Å². The van der Waals surface area contributed by atoms with Gasteiger partial charge in [-0.05, 0) is 35.7 Å². The molecule has 0 saturated heterocycles. The van der Waals surface area contributed by atoms with E-state index in [2.05, 4.69) is 31.2 Å². The first-order valence-electron chi connectivity index (χ1n) is 9.45. The topological polar surface area (TPSA) is 65.7 Å². The molecule has 0 aliphatic rings. The predicted octanol–water partition coefficient (Wildman–Crippen LogP) is 5.82. The number of para-hydroxylation sites is 2. The van der Waals surface area contributed by atoms with Crippen LogP contribution in [0.3, 0.4) is 0 Å². The summed E-state index contributed by atoms with van der Waals surface area (Å²) in [4.78, 5) is 10.2. The van der Waals surface area contributed by atoms with Crippen molar-refractivity contribution in [1.29, 1.82) is 0 Å². The van der Waals surface area contributed by atoms with Crippen LogP contribution >= 0.6 is 34.4 Å². The van der Waals surface area contributed by atoms with Crippen molar-refractivity contribution < 1.29 is 4.74 Å². The van der Waals surface area contributed by atoms with Gasteiger partial charge in [0.15, 0.2) is 11.0 Å². The van der Waals surface area contributed by atoms with Crippen molar-refractivity contribution in [3.63, 3.8) is 0 Å². The highest BCUT2D eigenvalue weighted by atomic mass is 32.2. The lowest BCUT2D eigenvalue weighted by molar-refractivity contribution is 0.412. The molecule has 4 aromatic heterocycles. The molecule has 0 fully saturated rings. The summed E-state index contributed by atoms with van der Waals surface area (Å²) in [5.74, 6) is 2.25. The zero-order valence-corrected chi connectivity index (χ0v) is 19.0. The number of nitrogens with zero attached hydrogens (tertiary/aromatic N) is 5. The molecular formula is C22H17N5OS3. The van der Waals surface area contributed by atoms with Gasteiger partial charge in [0.05, 0.1) is 29.1 Å². The quantitative estimate of drug-likeness (QED) is 0.284. The largest absolute Gasteiger partial charge is 0.495 e. The number of aromatic nitrogens is 5. The molecule has 0 aliphatic carbocycles. The minimum atomic E-state index is 0.682. The maximum Gasteiger partial charge on any atom is 0.196 e. The Morgan fingerprint density at radius 1 is 1.00 bits per heavy atom. The van der Waals surface area contributed by atoms with Gasteiger partial charge in [0, 0.05) is 17.3 Å². The summed E-state index contributed by atoms with van der Waals surface area (Å²) in [5, 5.41) is 14.8. The monoisotopic (exact) mass is 463 g/mol. The molecule has 6 nitrogen and oxygen atoms in total. The van der Waals surface area contributed by atoms with Crippen molar-refractivity contribution in [2.24, 2.45) is 0 Å². The Hall–Kier alpha value is -3.01. The van der Waals surface area contributed by atoms with Crippen LogP contribution in [-0.2, 0) is 5.75 Å². The number of pyridine rings is 1. The van der Waals surface area contributed by atoms with Crippen LogP contribution in [0.5, 0.6) is 5.75 Å². The number of thioether (sulfide) groups is 1. The Labute approximate surface area is 191 Å². The number of hydrogen-bond acceptors (Lipinski definition) is 8. The molecule has 0 bridgehead atoms. The minimum absolute atomic E-state index is 0.682. The van der Waals surface area contributed by atoms with Crippen LogP contribution in [0.15, 0.2) is 76.7 Å². The smallest absolute Gasteiger partial charge is 0.196 e. The normalized spacial score (nSPS) is 11.0. The lowest BCUT2D eigenvalue weighted by Gasteiger charge is -2.13. The molecule has 1 aromatic carbocycles. The molecule has 0 aliphatic heterocycles. The molecule has 31 heavy (non-hydrogen) atoms.